The first-order valence-electron chi connectivity index (χ1n) is 6.00. The molecule has 0 radical (unpaired) electrons. The number of nitrogens with one attached hydrogen (secondary N) is 2. The van der Waals surface area contributed by atoms with Crippen molar-refractivity contribution in [2.24, 2.45) is 0 Å². The predicted molar refractivity (Wildman–Crippen MR) is 70.1 cm³/mol. The van der Waals surface area contributed by atoms with Crippen LogP contribution < -0.4 is 10.0 Å². The van der Waals surface area contributed by atoms with Gasteiger partial charge < -0.3 is 5.32 Å². The van der Waals surface area contributed by atoms with Crippen LogP contribution in [-0.4, -0.2) is 34.1 Å². The SMILES string of the molecule is CNS(=O)(=O)c1ccc(CCC(=O)NCC(F)(F)F)cc1. The molecule has 0 aliphatic carbocycles. The lowest BCUT2D eigenvalue weighted by Gasteiger charge is -2.08. The number of alkyl halides is 3. The zero-order valence-corrected chi connectivity index (χ0v) is 12.0. The Balaban J connectivity index is 2.52. The number of benzene rings is 1. The van der Waals surface area contributed by atoms with Gasteiger partial charge in [0.15, 0.2) is 0 Å². The van der Waals surface area contributed by atoms with Crippen LogP contribution in [0.5, 0.6) is 0 Å². The maximum absolute atomic E-state index is 11.9. The fourth-order valence-electron chi connectivity index (χ4n) is 1.50. The molecule has 0 saturated carbocycles. The number of sulfonamides is 1. The molecule has 0 aromatic heterocycles. The number of carbonyl (C=O) groups is 1. The number of rotatable bonds is 6. The van der Waals surface area contributed by atoms with Crippen LogP contribution in [0, 0.1) is 0 Å². The van der Waals surface area contributed by atoms with Crippen molar-refractivity contribution in [2.45, 2.75) is 23.9 Å². The van der Waals surface area contributed by atoms with Gasteiger partial charge in [-0.05, 0) is 31.2 Å². The van der Waals surface area contributed by atoms with Crippen LogP contribution in [0.3, 0.4) is 0 Å². The first-order chi connectivity index (χ1) is 9.64. The van der Waals surface area contributed by atoms with Crippen molar-refractivity contribution in [1.29, 1.82) is 0 Å². The first-order valence-corrected chi connectivity index (χ1v) is 7.48. The maximum atomic E-state index is 11.9. The van der Waals surface area contributed by atoms with E-state index in [1.807, 2.05) is 0 Å². The molecule has 0 atom stereocenters. The van der Waals surface area contributed by atoms with Crippen LogP contribution in [0.15, 0.2) is 29.2 Å². The molecule has 2 N–H and O–H groups in total. The average Bonchev–Trinajstić information content (AvgIpc) is 2.42. The summed E-state index contributed by atoms with van der Waals surface area (Å²) in [7, 11) is -2.24. The second-order valence-corrected chi connectivity index (χ2v) is 6.13. The van der Waals surface area contributed by atoms with Gasteiger partial charge in [-0.1, -0.05) is 12.1 Å². The van der Waals surface area contributed by atoms with Gasteiger partial charge in [0.2, 0.25) is 15.9 Å². The summed E-state index contributed by atoms with van der Waals surface area (Å²) in [6.07, 6.45) is -4.31. The van der Waals surface area contributed by atoms with Crippen molar-refractivity contribution in [3.05, 3.63) is 29.8 Å². The zero-order chi connectivity index (χ0) is 16.1. The molecule has 0 unspecified atom stereocenters. The monoisotopic (exact) mass is 324 g/mol. The molecule has 0 aliphatic rings. The summed E-state index contributed by atoms with van der Waals surface area (Å²) in [6.45, 7) is -1.36. The fraction of sp³-hybridized carbons (Fsp3) is 0.417. The molecule has 21 heavy (non-hydrogen) atoms. The van der Waals surface area contributed by atoms with Gasteiger partial charge in [0, 0.05) is 6.42 Å². The van der Waals surface area contributed by atoms with Crippen molar-refractivity contribution < 1.29 is 26.4 Å². The summed E-state index contributed by atoms with van der Waals surface area (Å²) in [6, 6.07) is 5.77. The van der Waals surface area contributed by atoms with E-state index in [9.17, 15) is 26.4 Å². The lowest BCUT2D eigenvalue weighted by Crippen LogP contribution is -2.33. The second kappa shape index (κ2) is 6.90. The van der Waals surface area contributed by atoms with Crippen molar-refractivity contribution >= 4 is 15.9 Å². The van der Waals surface area contributed by atoms with E-state index in [4.69, 9.17) is 0 Å². The number of aryl methyl sites for hydroxylation is 1. The summed E-state index contributed by atoms with van der Waals surface area (Å²) < 4.78 is 60.8. The lowest BCUT2D eigenvalue weighted by atomic mass is 10.1. The van der Waals surface area contributed by atoms with E-state index in [1.165, 1.54) is 31.3 Å². The minimum absolute atomic E-state index is 0.0790. The molecular formula is C12H15F3N2O3S. The van der Waals surface area contributed by atoms with Gasteiger partial charge in [0.05, 0.1) is 4.90 Å². The first kappa shape index (κ1) is 17.4. The van der Waals surface area contributed by atoms with E-state index in [-0.39, 0.29) is 17.7 Å². The van der Waals surface area contributed by atoms with Crippen molar-refractivity contribution in [3.63, 3.8) is 0 Å². The normalized spacial score (nSPS) is 12.2. The molecule has 1 aromatic carbocycles. The highest BCUT2D eigenvalue weighted by molar-refractivity contribution is 7.89. The molecular weight excluding hydrogens is 309 g/mol. The summed E-state index contributed by atoms with van der Waals surface area (Å²) in [5.74, 6) is -0.709. The Labute approximate surface area is 120 Å². The highest BCUT2D eigenvalue weighted by atomic mass is 32.2. The molecule has 0 bridgehead atoms. The van der Waals surface area contributed by atoms with Crippen molar-refractivity contribution in [1.82, 2.24) is 10.0 Å². The smallest absolute Gasteiger partial charge is 0.347 e. The van der Waals surface area contributed by atoms with Gasteiger partial charge in [-0.3, -0.25) is 4.79 Å². The van der Waals surface area contributed by atoms with E-state index in [2.05, 4.69) is 4.72 Å². The minimum atomic E-state index is -4.43. The molecule has 1 rings (SSSR count). The molecule has 9 heteroatoms. The van der Waals surface area contributed by atoms with Crippen LogP contribution in [0.2, 0.25) is 0 Å². The van der Waals surface area contributed by atoms with E-state index in [0.29, 0.717) is 5.56 Å². The molecule has 1 amide bonds. The molecule has 5 nitrogen and oxygen atoms in total. The van der Waals surface area contributed by atoms with Gasteiger partial charge in [0.25, 0.3) is 0 Å². The fourth-order valence-corrected chi connectivity index (χ4v) is 2.23. The molecule has 0 fully saturated rings. The standard InChI is InChI=1S/C12H15F3N2O3S/c1-16-21(19,20)10-5-2-9(3-6-10)4-7-11(18)17-8-12(13,14)15/h2-3,5-6,16H,4,7-8H2,1H3,(H,17,18). The Hall–Kier alpha value is -1.61. The number of hydrogen-bond donors (Lipinski definition) is 2. The van der Waals surface area contributed by atoms with Gasteiger partial charge in [-0.15, -0.1) is 0 Å². The van der Waals surface area contributed by atoms with Gasteiger partial charge in [-0.25, -0.2) is 13.1 Å². The maximum Gasteiger partial charge on any atom is 0.405 e. The molecule has 1 aromatic rings. The third-order valence-electron chi connectivity index (χ3n) is 2.63. The quantitative estimate of drug-likeness (QED) is 0.826. The van der Waals surface area contributed by atoms with Gasteiger partial charge in [-0.2, -0.15) is 13.2 Å². The van der Waals surface area contributed by atoms with Crippen LogP contribution in [-0.2, 0) is 21.2 Å². The zero-order valence-electron chi connectivity index (χ0n) is 11.2. The third-order valence-corrected chi connectivity index (χ3v) is 4.06. The Bertz CT molecular complexity index is 583. The summed E-state index contributed by atoms with van der Waals surface area (Å²) >= 11 is 0. The van der Waals surface area contributed by atoms with Gasteiger partial charge >= 0.3 is 6.18 Å². The van der Waals surface area contributed by atoms with Crippen LogP contribution >= 0.6 is 0 Å². The van der Waals surface area contributed by atoms with Crippen molar-refractivity contribution in [2.75, 3.05) is 13.6 Å². The number of hydrogen-bond acceptors (Lipinski definition) is 3. The minimum Gasteiger partial charge on any atom is -0.347 e. The number of amides is 1. The Kier molecular flexibility index (Phi) is 5.73. The molecule has 0 aliphatic heterocycles. The third kappa shape index (κ3) is 6.13. The van der Waals surface area contributed by atoms with Crippen LogP contribution in [0.4, 0.5) is 13.2 Å². The lowest BCUT2D eigenvalue weighted by molar-refractivity contribution is -0.138. The van der Waals surface area contributed by atoms with Crippen LogP contribution in [0.1, 0.15) is 12.0 Å². The molecule has 118 valence electrons. The van der Waals surface area contributed by atoms with Crippen LogP contribution in [0.25, 0.3) is 0 Å². The van der Waals surface area contributed by atoms with E-state index >= 15 is 0 Å². The van der Waals surface area contributed by atoms with Crippen molar-refractivity contribution in [3.8, 4) is 0 Å². The average molecular weight is 324 g/mol. The predicted octanol–water partition coefficient (Wildman–Crippen LogP) is 1.21. The number of halogens is 3. The Morgan fingerprint density at radius 1 is 1.19 bits per heavy atom. The van der Waals surface area contributed by atoms with E-state index in [0.717, 1.165) is 0 Å². The van der Waals surface area contributed by atoms with E-state index < -0.39 is 28.7 Å². The molecule has 0 spiro atoms. The molecule has 0 heterocycles. The largest absolute Gasteiger partial charge is 0.405 e. The number of carbonyl (C=O) groups excluding carboxylic acids is 1. The summed E-state index contributed by atoms with van der Waals surface area (Å²) in [5, 5.41) is 1.77. The summed E-state index contributed by atoms with van der Waals surface area (Å²) in [5.41, 5.74) is 0.659. The highest BCUT2D eigenvalue weighted by Gasteiger charge is 2.27. The highest BCUT2D eigenvalue weighted by Crippen LogP contribution is 2.13. The van der Waals surface area contributed by atoms with E-state index in [1.54, 1.807) is 5.32 Å². The summed E-state index contributed by atoms with van der Waals surface area (Å²) in [4.78, 5) is 11.3. The Morgan fingerprint density at radius 3 is 2.24 bits per heavy atom. The Morgan fingerprint density at radius 2 is 1.76 bits per heavy atom. The van der Waals surface area contributed by atoms with Gasteiger partial charge in [0.1, 0.15) is 6.54 Å². The second-order valence-electron chi connectivity index (χ2n) is 4.24. The molecule has 0 saturated heterocycles. The topological polar surface area (TPSA) is 75.3 Å².